The topological polar surface area (TPSA) is 9.86 Å². The van der Waals surface area contributed by atoms with Gasteiger partial charge in [-0.15, -0.1) is 0 Å². The lowest BCUT2D eigenvalue weighted by molar-refractivity contribution is 1.18. The highest BCUT2D eigenvalue weighted by Crippen LogP contribution is 2.41. The van der Waals surface area contributed by atoms with Gasteiger partial charge in [-0.1, -0.05) is 176 Å². The van der Waals surface area contributed by atoms with Gasteiger partial charge in [-0.2, -0.15) is 0 Å². The molecule has 0 aliphatic carbocycles. The highest BCUT2D eigenvalue weighted by molar-refractivity contribution is 6.13. The van der Waals surface area contributed by atoms with E-state index in [9.17, 15) is 0 Å². The van der Waals surface area contributed by atoms with Gasteiger partial charge < -0.3 is 9.13 Å². The molecule has 12 aromatic rings. The van der Waals surface area contributed by atoms with Crippen molar-refractivity contribution in [2.75, 3.05) is 0 Å². The Morgan fingerprint density at radius 1 is 0.194 bits per heavy atom. The van der Waals surface area contributed by atoms with E-state index in [0.29, 0.717) is 0 Å². The third-order valence-electron chi connectivity index (χ3n) is 12.5. The van der Waals surface area contributed by atoms with E-state index in [4.69, 9.17) is 0 Å². The zero-order chi connectivity index (χ0) is 41.0. The maximum absolute atomic E-state index is 2.43. The van der Waals surface area contributed by atoms with Crippen molar-refractivity contribution in [2.24, 2.45) is 0 Å². The molecule has 0 spiro atoms. The lowest BCUT2D eigenvalue weighted by Crippen LogP contribution is -1.96. The fourth-order valence-corrected chi connectivity index (χ4v) is 9.57. The summed E-state index contributed by atoms with van der Waals surface area (Å²) >= 11 is 0. The van der Waals surface area contributed by atoms with E-state index in [-0.39, 0.29) is 0 Å². The molecule has 290 valence electrons. The molecule has 2 nitrogen and oxygen atoms in total. The van der Waals surface area contributed by atoms with Crippen LogP contribution < -0.4 is 0 Å². The van der Waals surface area contributed by atoms with Crippen molar-refractivity contribution < 1.29 is 0 Å². The molecule has 0 fully saturated rings. The Morgan fingerprint density at radius 3 is 1.13 bits per heavy atom. The average molecular weight is 789 g/mol. The minimum Gasteiger partial charge on any atom is -0.309 e. The summed E-state index contributed by atoms with van der Waals surface area (Å²) in [5.41, 5.74) is 19.1. The lowest BCUT2D eigenvalue weighted by Gasteiger charge is -2.15. The molecule has 0 saturated heterocycles. The van der Waals surface area contributed by atoms with Crippen LogP contribution in [0.3, 0.4) is 0 Å². The summed E-state index contributed by atoms with van der Waals surface area (Å²) in [6.07, 6.45) is 0. The molecule has 62 heavy (non-hydrogen) atoms. The number of rotatable bonds is 7. The minimum absolute atomic E-state index is 1.14. The van der Waals surface area contributed by atoms with Crippen LogP contribution in [0.5, 0.6) is 0 Å². The third kappa shape index (κ3) is 6.04. The van der Waals surface area contributed by atoms with Crippen LogP contribution in [0.1, 0.15) is 0 Å². The number of fused-ring (bicyclic) bond motifs is 6. The quantitative estimate of drug-likeness (QED) is 0.152. The molecular weight excluding hydrogens is 749 g/mol. The minimum atomic E-state index is 1.14. The molecule has 0 unspecified atom stereocenters. The number of para-hydroxylation sites is 1. The van der Waals surface area contributed by atoms with Crippen molar-refractivity contribution in [3.8, 4) is 67.0 Å². The van der Waals surface area contributed by atoms with Gasteiger partial charge in [-0.05, 0) is 122 Å². The normalized spacial score (nSPS) is 11.5. The van der Waals surface area contributed by atoms with Gasteiger partial charge in [-0.25, -0.2) is 0 Å². The fraction of sp³-hybridized carbons (Fsp3) is 0. The van der Waals surface area contributed by atoms with E-state index in [1.54, 1.807) is 0 Å². The van der Waals surface area contributed by atoms with Crippen LogP contribution in [0.25, 0.3) is 111 Å². The van der Waals surface area contributed by atoms with Gasteiger partial charge >= 0.3 is 0 Å². The fourth-order valence-electron chi connectivity index (χ4n) is 9.57. The molecule has 0 aliphatic rings. The van der Waals surface area contributed by atoms with E-state index >= 15 is 0 Å². The Labute approximate surface area is 360 Å². The molecule has 2 heteroatoms. The van der Waals surface area contributed by atoms with Crippen molar-refractivity contribution >= 4 is 43.6 Å². The van der Waals surface area contributed by atoms with Crippen LogP contribution in [0.2, 0.25) is 0 Å². The van der Waals surface area contributed by atoms with Crippen molar-refractivity contribution in [1.82, 2.24) is 9.13 Å². The maximum atomic E-state index is 2.43. The molecule has 0 radical (unpaired) electrons. The average Bonchev–Trinajstić information content (AvgIpc) is 3.87. The van der Waals surface area contributed by atoms with E-state index < -0.39 is 0 Å². The maximum Gasteiger partial charge on any atom is 0.0541 e. The number of aromatic nitrogens is 2. The highest BCUT2D eigenvalue weighted by Gasteiger charge is 2.18. The molecular formula is C60H40N2. The molecule has 0 amide bonds. The Hall–Kier alpha value is -8.20. The van der Waals surface area contributed by atoms with Gasteiger partial charge in [-0.3, -0.25) is 0 Å². The Bertz CT molecular complexity index is 3600. The molecule has 0 atom stereocenters. The summed E-state index contributed by atoms with van der Waals surface area (Å²) < 4.78 is 4.86. The second-order valence-electron chi connectivity index (χ2n) is 16.1. The Morgan fingerprint density at radius 2 is 0.581 bits per heavy atom. The van der Waals surface area contributed by atoms with E-state index in [1.165, 1.54) is 99.2 Å². The van der Waals surface area contributed by atoms with Crippen LogP contribution in [0.15, 0.2) is 243 Å². The number of hydrogen-bond donors (Lipinski definition) is 0. The molecule has 0 saturated carbocycles. The first-order valence-electron chi connectivity index (χ1n) is 21.3. The van der Waals surface area contributed by atoms with Crippen LogP contribution in [-0.2, 0) is 0 Å². The predicted octanol–water partition coefficient (Wildman–Crippen LogP) is 16.2. The zero-order valence-electron chi connectivity index (χ0n) is 34.0. The van der Waals surface area contributed by atoms with Gasteiger partial charge in [0.15, 0.2) is 0 Å². The summed E-state index contributed by atoms with van der Waals surface area (Å²) in [7, 11) is 0. The SMILES string of the molecule is c1ccc(-c2cccc(-n3c4ccc(-c5ccccc5)cc4c4cc(-c5ccc6c(c5)c5ccccc5n6-c5ccc(-c6ccccc6)c(-c6ccccc6)c5)ccc43)c2)cc1. The largest absolute Gasteiger partial charge is 0.309 e. The summed E-state index contributed by atoms with van der Waals surface area (Å²) in [6, 6.07) is 88.4. The number of benzene rings is 10. The molecule has 0 N–H and O–H groups in total. The van der Waals surface area contributed by atoms with Crippen molar-refractivity contribution in [3.05, 3.63) is 243 Å². The van der Waals surface area contributed by atoms with Gasteiger partial charge in [0.05, 0.1) is 22.1 Å². The van der Waals surface area contributed by atoms with Crippen molar-refractivity contribution in [3.63, 3.8) is 0 Å². The summed E-state index contributed by atoms with van der Waals surface area (Å²) in [4.78, 5) is 0. The number of hydrogen-bond acceptors (Lipinski definition) is 0. The molecule has 0 aliphatic heterocycles. The monoisotopic (exact) mass is 788 g/mol. The van der Waals surface area contributed by atoms with Crippen molar-refractivity contribution in [1.29, 1.82) is 0 Å². The summed E-state index contributed by atoms with van der Waals surface area (Å²) in [6.45, 7) is 0. The predicted molar refractivity (Wildman–Crippen MR) is 262 cm³/mol. The summed E-state index contributed by atoms with van der Waals surface area (Å²) in [5.74, 6) is 0. The van der Waals surface area contributed by atoms with Crippen LogP contribution in [0, 0.1) is 0 Å². The molecule has 10 aromatic carbocycles. The first-order chi connectivity index (χ1) is 30.7. The number of nitrogens with zero attached hydrogens (tertiary/aromatic N) is 2. The highest BCUT2D eigenvalue weighted by atomic mass is 15.0. The van der Waals surface area contributed by atoms with Crippen LogP contribution >= 0.6 is 0 Å². The van der Waals surface area contributed by atoms with Crippen molar-refractivity contribution in [2.45, 2.75) is 0 Å². The van der Waals surface area contributed by atoms with E-state index in [1.807, 2.05) is 0 Å². The van der Waals surface area contributed by atoms with Gasteiger partial charge in [0.2, 0.25) is 0 Å². The smallest absolute Gasteiger partial charge is 0.0541 e. The zero-order valence-corrected chi connectivity index (χ0v) is 34.0. The standard InChI is InChI=1S/C60H40N2/c1-5-16-41(17-6-1)45-24-15-25-49(36-45)61-59-33-28-46(42-18-7-2-8-19-42)37-55(59)56-39-48(30-35-60(56)61)47-29-34-58-54(38-47)52-26-13-14-27-57(52)62(58)50-31-32-51(43-20-9-3-10-21-43)53(40-50)44-22-11-4-12-23-44/h1-40H. The van der Waals surface area contributed by atoms with Gasteiger partial charge in [0, 0.05) is 32.9 Å². The molecule has 2 heterocycles. The first-order valence-corrected chi connectivity index (χ1v) is 21.3. The lowest BCUT2D eigenvalue weighted by atomic mass is 9.94. The third-order valence-corrected chi connectivity index (χ3v) is 12.5. The van der Waals surface area contributed by atoms with E-state index in [0.717, 1.165) is 11.4 Å². The summed E-state index contributed by atoms with van der Waals surface area (Å²) in [5, 5.41) is 4.94. The second-order valence-corrected chi connectivity index (χ2v) is 16.1. The Balaban J connectivity index is 1.03. The van der Waals surface area contributed by atoms with Crippen LogP contribution in [-0.4, -0.2) is 9.13 Å². The molecule has 0 bridgehead atoms. The van der Waals surface area contributed by atoms with E-state index in [2.05, 4.69) is 252 Å². The molecule has 12 rings (SSSR count). The van der Waals surface area contributed by atoms with Crippen LogP contribution in [0.4, 0.5) is 0 Å². The van der Waals surface area contributed by atoms with Gasteiger partial charge in [0.25, 0.3) is 0 Å². The van der Waals surface area contributed by atoms with Gasteiger partial charge in [0.1, 0.15) is 0 Å². The Kier molecular flexibility index (Phi) is 8.53. The first kappa shape index (κ1) is 35.7. The molecule has 2 aromatic heterocycles. The second kappa shape index (κ2) is 14.8.